The first-order valence-corrected chi connectivity index (χ1v) is 4.31. The number of aromatic carboxylic acids is 1. The number of primary amides is 1. The second-order valence-corrected chi connectivity index (χ2v) is 2.88. The predicted molar refractivity (Wildman–Crippen MR) is 53.5 cm³/mol. The Kier molecular flexibility index (Phi) is 3.61. The van der Waals surface area contributed by atoms with E-state index in [1.807, 2.05) is 0 Å². The van der Waals surface area contributed by atoms with Crippen molar-refractivity contribution in [3.05, 3.63) is 23.9 Å². The van der Waals surface area contributed by atoms with E-state index < -0.39 is 11.9 Å². The van der Waals surface area contributed by atoms with Gasteiger partial charge in [-0.1, -0.05) is 0 Å². The standard InChI is InChI=1S/C9H11N3O3/c10-7(13)3-4-11-8-2-1-6(5-12-8)9(14)15/h1-2,5H,3-4H2,(H2,10,13)(H,11,12)(H,14,15). The number of carbonyl (C=O) groups excluding carboxylic acids is 1. The van der Waals surface area contributed by atoms with Gasteiger partial charge >= 0.3 is 5.97 Å². The summed E-state index contributed by atoms with van der Waals surface area (Å²) in [5, 5.41) is 11.4. The van der Waals surface area contributed by atoms with Crippen LogP contribution < -0.4 is 11.1 Å². The number of nitrogens with two attached hydrogens (primary N) is 1. The Morgan fingerprint density at radius 1 is 1.47 bits per heavy atom. The number of hydrogen-bond donors (Lipinski definition) is 3. The SMILES string of the molecule is NC(=O)CCNc1ccc(C(=O)O)cn1. The third-order valence-electron chi connectivity index (χ3n) is 1.69. The van der Waals surface area contributed by atoms with Crippen molar-refractivity contribution in [1.29, 1.82) is 0 Å². The number of pyridine rings is 1. The van der Waals surface area contributed by atoms with Crippen molar-refractivity contribution < 1.29 is 14.7 Å². The normalized spacial score (nSPS) is 9.60. The van der Waals surface area contributed by atoms with Crippen LogP contribution in [0, 0.1) is 0 Å². The topological polar surface area (TPSA) is 105 Å². The molecule has 0 spiro atoms. The van der Waals surface area contributed by atoms with Gasteiger partial charge in [0.1, 0.15) is 5.82 Å². The van der Waals surface area contributed by atoms with E-state index in [1.54, 1.807) is 0 Å². The van der Waals surface area contributed by atoms with Crippen LogP contribution in [0.5, 0.6) is 0 Å². The van der Waals surface area contributed by atoms with Gasteiger partial charge in [0.15, 0.2) is 0 Å². The molecular formula is C9H11N3O3. The van der Waals surface area contributed by atoms with Gasteiger partial charge in [-0.15, -0.1) is 0 Å². The van der Waals surface area contributed by atoms with Crippen molar-refractivity contribution in [2.24, 2.45) is 5.73 Å². The van der Waals surface area contributed by atoms with Crippen LogP contribution in [0.15, 0.2) is 18.3 Å². The van der Waals surface area contributed by atoms with Crippen LogP contribution in [0.4, 0.5) is 5.82 Å². The molecule has 0 aromatic carbocycles. The minimum Gasteiger partial charge on any atom is -0.478 e. The molecule has 0 aliphatic heterocycles. The quantitative estimate of drug-likeness (QED) is 0.636. The molecule has 0 fully saturated rings. The molecule has 0 saturated carbocycles. The molecule has 15 heavy (non-hydrogen) atoms. The van der Waals surface area contributed by atoms with E-state index in [9.17, 15) is 9.59 Å². The average molecular weight is 209 g/mol. The molecule has 1 amide bonds. The first-order valence-electron chi connectivity index (χ1n) is 4.31. The fourth-order valence-electron chi connectivity index (χ4n) is 0.939. The Morgan fingerprint density at radius 3 is 2.67 bits per heavy atom. The third-order valence-corrected chi connectivity index (χ3v) is 1.69. The summed E-state index contributed by atoms with van der Waals surface area (Å²) in [6.45, 7) is 0.384. The summed E-state index contributed by atoms with van der Waals surface area (Å²) in [6.07, 6.45) is 1.46. The minimum absolute atomic E-state index is 0.121. The number of rotatable bonds is 5. The van der Waals surface area contributed by atoms with Crippen LogP contribution in [0.25, 0.3) is 0 Å². The van der Waals surface area contributed by atoms with Crippen molar-refractivity contribution in [3.8, 4) is 0 Å². The van der Waals surface area contributed by atoms with Crippen LogP contribution in [0.2, 0.25) is 0 Å². The molecule has 0 radical (unpaired) electrons. The highest BCUT2D eigenvalue weighted by atomic mass is 16.4. The van der Waals surface area contributed by atoms with Crippen LogP contribution >= 0.6 is 0 Å². The van der Waals surface area contributed by atoms with Crippen molar-refractivity contribution in [2.45, 2.75) is 6.42 Å². The minimum atomic E-state index is -1.02. The summed E-state index contributed by atoms with van der Waals surface area (Å²) in [5.41, 5.74) is 5.06. The number of nitrogens with one attached hydrogen (secondary N) is 1. The lowest BCUT2D eigenvalue weighted by Gasteiger charge is -2.03. The van der Waals surface area contributed by atoms with Crippen molar-refractivity contribution in [3.63, 3.8) is 0 Å². The highest BCUT2D eigenvalue weighted by Crippen LogP contribution is 2.04. The monoisotopic (exact) mass is 209 g/mol. The third kappa shape index (κ3) is 3.63. The lowest BCUT2D eigenvalue weighted by molar-refractivity contribution is -0.117. The van der Waals surface area contributed by atoms with E-state index >= 15 is 0 Å². The number of hydrogen-bond acceptors (Lipinski definition) is 4. The smallest absolute Gasteiger partial charge is 0.337 e. The molecule has 80 valence electrons. The first-order chi connectivity index (χ1) is 7.09. The Bertz CT molecular complexity index is 361. The van der Waals surface area contributed by atoms with Gasteiger partial charge in [0.25, 0.3) is 0 Å². The van der Waals surface area contributed by atoms with Gasteiger partial charge in [-0.05, 0) is 12.1 Å². The summed E-state index contributed by atoms with van der Waals surface area (Å²) < 4.78 is 0. The zero-order chi connectivity index (χ0) is 11.3. The fraction of sp³-hybridized carbons (Fsp3) is 0.222. The molecule has 0 aliphatic carbocycles. The summed E-state index contributed by atoms with van der Waals surface area (Å²) in [4.78, 5) is 24.8. The number of amides is 1. The number of carboxylic acid groups (broad SMARTS) is 1. The first kappa shape index (κ1) is 11.0. The van der Waals surface area contributed by atoms with Gasteiger partial charge in [-0.2, -0.15) is 0 Å². The van der Waals surface area contributed by atoms with Gasteiger partial charge in [-0.3, -0.25) is 4.79 Å². The lowest BCUT2D eigenvalue weighted by atomic mass is 10.3. The molecule has 0 unspecified atom stereocenters. The molecule has 0 atom stereocenters. The zero-order valence-electron chi connectivity index (χ0n) is 7.93. The van der Waals surface area contributed by atoms with E-state index in [2.05, 4.69) is 10.3 Å². The molecule has 1 aromatic rings. The molecule has 6 heteroatoms. The molecule has 6 nitrogen and oxygen atoms in total. The average Bonchev–Trinajstić information content (AvgIpc) is 2.18. The van der Waals surface area contributed by atoms with E-state index in [1.165, 1.54) is 18.3 Å². The zero-order valence-corrected chi connectivity index (χ0v) is 7.93. The highest BCUT2D eigenvalue weighted by Gasteiger charge is 2.02. The van der Waals surface area contributed by atoms with Gasteiger partial charge in [0, 0.05) is 19.2 Å². The molecular weight excluding hydrogens is 198 g/mol. The molecule has 1 rings (SSSR count). The predicted octanol–water partition coefficient (Wildman–Crippen LogP) is 0.0671. The second-order valence-electron chi connectivity index (χ2n) is 2.88. The van der Waals surface area contributed by atoms with Gasteiger partial charge in [0.05, 0.1) is 5.56 Å². The second kappa shape index (κ2) is 4.94. The number of carboxylic acids is 1. The number of anilines is 1. The summed E-state index contributed by atoms with van der Waals surface area (Å²) >= 11 is 0. The lowest BCUT2D eigenvalue weighted by Crippen LogP contribution is -2.16. The largest absolute Gasteiger partial charge is 0.478 e. The maximum absolute atomic E-state index is 10.5. The van der Waals surface area contributed by atoms with Crippen molar-refractivity contribution in [2.75, 3.05) is 11.9 Å². The Hall–Kier alpha value is -2.11. The fourth-order valence-corrected chi connectivity index (χ4v) is 0.939. The van der Waals surface area contributed by atoms with Crippen LogP contribution in [-0.2, 0) is 4.79 Å². The Morgan fingerprint density at radius 2 is 2.20 bits per heavy atom. The van der Waals surface area contributed by atoms with Crippen LogP contribution in [-0.4, -0.2) is 28.5 Å². The van der Waals surface area contributed by atoms with E-state index in [-0.39, 0.29) is 12.0 Å². The van der Waals surface area contributed by atoms with E-state index in [4.69, 9.17) is 10.8 Å². The van der Waals surface area contributed by atoms with E-state index in [0.717, 1.165) is 0 Å². The Balaban J connectivity index is 2.50. The molecule has 0 bridgehead atoms. The molecule has 0 saturated heterocycles. The maximum Gasteiger partial charge on any atom is 0.337 e. The number of nitrogens with zero attached hydrogens (tertiary/aromatic N) is 1. The van der Waals surface area contributed by atoms with Gasteiger partial charge in [0.2, 0.25) is 5.91 Å². The van der Waals surface area contributed by atoms with Gasteiger partial charge in [-0.25, -0.2) is 9.78 Å². The van der Waals surface area contributed by atoms with E-state index in [0.29, 0.717) is 12.4 Å². The molecule has 1 aromatic heterocycles. The molecule has 4 N–H and O–H groups in total. The van der Waals surface area contributed by atoms with Crippen molar-refractivity contribution >= 4 is 17.7 Å². The number of carbonyl (C=O) groups is 2. The number of aromatic nitrogens is 1. The summed E-state index contributed by atoms with van der Waals surface area (Å²) in [7, 11) is 0. The summed E-state index contributed by atoms with van der Waals surface area (Å²) in [5.74, 6) is -0.905. The maximum atomic E-state index is 10.5. The molecule has 0 aliphatic rings. The van der Waals surface area contributed by atoms with Crippen molar-refractivity contribution in [1.82, 2.24) is 4.98 Å². The highest BCUT2D eigenvalue weighted by molar-refractivity contribution is 5.87. The molecule has 1 heterocycles. The van der Waals surface area contributed by atoms with Crippen LogP contribution in [0.3, 0.4) is 0 Å². The summed E-state index contributed by atoms with van der Waals surface area (Å²) in [6, 6.07) is 2.96. The van der Waals surface area contributed by atoms with Crippen LogP contribution in [0.1, 0.15) is 16.8 Å². The Labute approximate surface area is 86.1 Å². The van der Waals surface area contributed by atoms with Gasteiger partial charge < -0.3 is 16.2 Å².